The van der Waals surface area contributed by atoms with Gasteiger partial charge in [-0.3, -0.25) is 9.59 Å². The Balaban J connectivity index is 2.56. The van der Waals surface area contributed by atoms with E-state index in [2.05, 4.69) is 5.32 Å². The topological polar surface area (TPSA) is 92.4 Å². The molecule has 5 nitrogen and oxygen atoms in total. The van der Waals surface area contributed by atoms with Gasteiger partial charge in [-0.15, -0.1) is 0 Å². The molecule has 1 aromatic rings. The first-order chi connectivity index (χ1) is 8.41. The minimum Gasteiger partial charge on any atom is -0.481 e. The Morgan fingerprint density at radius 2 is 1.89 bits per heavy atom. The third-order valence-electron chi connectivity index (χ3n) is 2.72. The minimum absolute atomic E-state index is 0.0771. The molecule has 1 rings (SSSR count). The highest BCUT2D eigenvalue weighted by atomic mass is 16.4. The van der Waals surface area contributed by atoms with E-state index in [-0.39, 0.29) is 12.5 Å². The molecule has 0 saturated heterocycles. The second-order valence-electron chi connectivity index (χ2n) is 4.37. The van der Waals surface area contributed by atoms with Crippen LogP contribution in [0.2, 0.25) is 0 Å². The number of nitrogens with two attached hydrogens (primary N) is 1. The molecule has 98 valence electrons. The molecule has 18 heavy (non-hydrogen) atoms. The first-order valence-corrected chi connectivity index (χ1v) is 5.74. The molecular weight excluding hydrogens is 232 g/mol. The van der Waals surface area contributed by atoms with Crippen LogP contribution in [0.25, 0.3) is 0 Å². The molecular formula is C13H18N2O3. The molecule has 0 bridgehead atoms. The summed E-state index contributed by atoms with van der Waals surface area (Å²) in [5.74, 6) is -1.94. The second kappa shape index (κ2) is 6.16. The first kappa shape index (κ1) is 14.2. The molecule has 1 aromatic carbocycles. The Hall–Kier alpha value is -1.88. The number of carbonyl (C=O) groups excluding carboxylic acids is 1. The van der Waals surface area contributed by atoms with Gasteiger partial charge in [0.1, 0.15) is 6.04 Å². The Bertz CT molecular complexity index is 428. The van der Waals surface area contributed by atoms with Gasteiger partial charge in [0.15, 0.2) is 0 Å². The van der Waals surface area contributed by atoms with Crippen molar-refractivity contribution in [1.82, 2.24) is 5.32 Å². The average Bonchev–Trinajstić information content (AvgIpc) is 2.35. The predicted octanol–water partition coefficient (Wildman–Crippen LogP) is 0.832. The van der Waals surface area contributed by atoms with Crippen molar-refractivity contribution in [1.29, 1.82) is 0 Å². The molecule has 0 aliphatic heterocycles. The predicted molar refractivity (Wildman–Crippen MR) is 67.9 cm³/mol. The normalized spacial score (nSPS) is 13.7. The summed E-state index contributed by atoms with van der Waals surface area (Å²) in [5.41, 5.74) is 7.59. The number of carboxylic acid groups (broad SMARTS) is 1. The van der Waals surface area contributed by atoms with Crippen molar-refractivity contribution in [2.24, 2.45) is 11.7 Å². The number of hydrogen-bond acceptors (Lipinski definition) is 3. The maximum absolute atomic E-state index is 11.7. The number of aliphatic carboxylic acids is 1. The Labute approximate surface area is 106 Å². The Kier molecular flexibility index (Phi) is 4.85. The van der Waals surface area contributed by atoms with E-state index in [4.69, 9.17) is 10.8 Å². The lowest BCUT2D eigenvalue weighted by Gasteiger charge is -2.14. The van der Waals surface area contributed by atoms with E-state index in [1.165, 1.54) is 6.92 Å². The van der Waals surface area contributed by atoms with Crippen LogP contribution in [0.4, 0.5) is 0 Å². The lowest BCUT2D eigenvalue weighted by atomic mass is 10.1. The zero-order valence-electron chi connectivity index (χ0n) is 10.5. The van der Waals surface area contributed by atoms with Gasteiger partial charge >= 0.3 is 5.97 Å². The third-order valence-corrected chi connectivity index (χ3v) is 2.72. The van der Waals surface area contributed by atoms with Crippen LogP contribution in [0.5, 0.6) is 0 Å². The summed E-state index contributed by atoms with van der Waals surface area (Å²) in [5, 5.41) is 11.2. The number of nitrogens with one attached hydrogen (secondary N) is 1. The van der Waals surface area contributed by atoms with Gasteiger partial charge in [-0.05, 0) is 12.5 Å². The fourth-order valence-electron chi connectivity index (χ4n) is 1.38. The van der Waals surface area contributed by atoms with Crippen molar-refractivity contribution in [3.63, 3.8) is 0 Å². The van der Waals surface area contributed by atoms with Crippen LogP contribution in [-0.4, -0.2) is 23.5 Å². The third kappa shape index (κ3) is 3.85. The van der Waals surface area contributed by atoms with Crippen molar-refractivity contribution in [2.75, 3.05) is 6.54 Å². The molecule has 0 aromatic heterocycles. The molecule has 5 heteroatoms. The van der Waals surface area contributed by atoms with Crippen LogP contribution >= 0.6 is 0 Å². The van der Waals surface area contributed by atoms with Crippen molar-refractivity contribution >= 4 is 11.9 Å². The van der Waals surface area contributed by atoms with Crippen LogP contribution < -0.4 is 11.1 Å². The average molecular weight is 250 g/mol. The van der Waals surface area contributed by atoms with Gasteiger partial charge < -0.3 is 16.2 Å². The number of rotatable bonds is 5. The molecule has 2 atom stereocenters. The molecule has 0 heterocycles. The van der Waals surface area contributed by atoms with Crippen molar-refractivity contribution in [2.45, 2.75) is 19.9 Å². The first-order valence-electron chi connectivity index (χ1n) is 5.74. The van der Waals surface area contributed by atoms with Gasteiger partial charge in [0.25, 0.3) is 0 Å². The number of benzene rings is 1. The molecule has 0 aliphatic rings. The van der Waals surface area contributed by atoms with Crippen molar-refractivity contribution in [3.8, 4) is 0 Å². The van der Waals surface area contributed by atoms with E-state index < -0.39 is 17.9 Å². The molecule has 4 N–H and O–H groups in total. The standard InChI is InChI=1S/C13H18N2O3/c1-8-3-5-10(6-4-8)11(14)12(16)15-7-9(2)13(17)18/h3-6,9,11H,7,14H2,1-2H3,(H,15,16)(H,17,18). The van der Waals surface area contributed by atoms with Gasteiger partial charge in [0.05, 0.1) is 5.92 Å². The van der Waals surface area contributed by atoms with Gasteiger partial charge in [0.2, 0.25) is 5.91 Å². The van der Waals surface area contributed by atoms with Crippen LogP contribution in [0.15, 0.2) is 24.3 Å². The molecule has 0 fully saturated rings. The largest absolute Gasteiger partial charge is 0.481 e. The maximum atomic E-state index is 11.7. The second-order valence-corrected chi connectivity index (χ2v) is 4.37. The summed E-state index contributed by atoms with van der Waals surface area (Å²) in [6, 6.07) is 6.57. The minimum atomic E-state index is -0.945. The Morgan fingerprint density at radius 1 is 1.33 bits per heavy atom. The quantitative estimate of drug-likeness (QED) is 0.721. The number of carbonyl (C=O) groups is 2. The summed E-state index contributed by atoms with van der Waals surface area (Å²) in [6.07, 6.45) is 0. The van der Waals surface area contributed by atoms with Gasteiger partial charge in [-0.1, -0.05) is 36.8 Å². The van der Waals surface area contributed by atoms with E-state index in [1.807, 2.05) is 19.1 Å². The zero-order valence-corrected chi connectivity index (χ0v) is 10.5. The number of hydrogen-bond donors (Lipinski definition) is 3. The molecule has 0 spiro atoms. The van der Waals surface area contributed by atoms with E-state index in [1.54, 1.807) is 12.1 Å². The smallest absolute Gasteiger partial charge is 0.308 e. The van der Waals surface area contributed by atoms with Crippen molar-refractivity contribution in [3.05, 3.63) is 35.4 Å². The van der Waals surface area contributed by atoms with Crippen LogP contribution in [0.3, 0.4) is 0 Å². The summed E-state index contributed by atoms with van der Waals surface area (Å²) in [4.78, 5) is 22.3. The molecule has 0 radical (unpaired) electrons. The lowest BCUT2D eigenvalue weighted by Crippen LogP contribution is -2.37. The van der Waals surface area contributed by atoms with E-state index in [0.29, 0.717) is 5.56 Å². The molecule has 0 aliphatic carbocycles. The monoisotopic (exact) mass is 250 g/mol. The van der Waals surface area contributed by atoms with Crippen LogP contribution in [0.1, 0.15) is 24.1 Å². The summed E-state index contributed by atoms with van der Waals surface area (Å²) in [7, 11) is 0. The number of carboxylic acids is 1. The highest BCUT2D eigenvalue weighted by Gasteiger charge is 2.18. The van der Waals surface area contributed by atoms with E-state index in [9.17, 15) is 9.59 Å². The summed E-state index contributed by atoms with van der Waals surface area (Å²) in [6.45, 7) is 3.55. The lowest BCUT2D eigenvalue weighted by molar-refractivity contribution is -0.141. The van der Waals surface area contributed by atoms with Gasteiger partial charge in [-0.2, -0.15) is 0 Å². The van der Waals surface area contributed by atoms with Crippen LogP contribution in [-0.2, 0) is 9.59 Å². The van der Waals surface area contributed by atoms with E-state index >= 15 is 0 Å². The van der Waals surface area contributed by atoms with Crippen LogP contribution in [0, 0.1) is 12.8 Å². The maximum Gasteiger partial charge on any atom is 0.308 e. The number of aryl methyl sites for hydroxylation is 1. The highest BCUT2D eigenvalue weighted by Crippen LogP contribution is 2.11. The molecule has 2 unspecified atom stereocenters. The van der Waals surface area contributed by atoms with Gasteiger partial charge in [0, 0.05) is 6.54 Å². The number of amides is 1. The Morgan fingerprint density at radius 3 is 2.39 bits per heavy atom. The SMILES string of the molecule is Cc1ccc(C(N)C(=O)NCC(C)C(=O)O)cc1. The van der Waals surface area contributed by atoms with E-state index in [0.717, 1.165) is 5.56 Å². The fourth-order valence-corrected chi connectivity index (χ4v) is 1.38. The molecule has 1 amide bonds. The summed E-state index contributed by atoms with van der Waals surface area (Å²) >= 11 is 0. The zero-order chi connectivity index (χ0) is 13.7. The molecule has 0 saturated carbocycles. The fraction of sp³-hybridized carbons (Fsp3) is 0.385. The van der Waals surface area contributed by atoms with Crippen molar-refractivity contribution < 1.29 is 14.7 Å². The highest BCUT2D eigenvalue weighted by molar-refractivity contribution is 5.83. The van der Waals surface area contributed by atoms with Gasteiger partial charge in [-0.25, -0.2) is 0 Å². The summed E-state index contributed by atoms with van der Waals surface area (Å²) < 4.78 is 0.